The van der Waals surface area contributed by atoms with Crippen LogP contribution in [-0.2, 0) is 9.53 Å². The molecule has 0 aliphatic carbocycles. The molecule has 1 amide bonds. The van der Waals surface area contributed by atoms with Crippen molar-refractivity contribution in [3.8, 4) is 16.9 Å². The van der Waals surface area contributed by atoms with E-state index in [1.54, 1.807) is 5.38 Å². The van der Waals surface area contributed by atoms with E-state index < -0.39 is 23.4 Å². The first kappa shape index (κ1) is 20.0. The number of thiophene rings is 1. The summed E-state index contributed by atoms with van der Waals surface area (Å²) in [6.07, 6.45) is 0. The molecule has 0 atom stereocenters. The summed E-state index contributed by atoms with van der Waals surface area (Å²) in [6.45, 7) is -0.509. The summed E-state index contributed by atoms with van der Waals surface area (Å²) in [4.78, 5) is 35.2. The van der Waals surface area contributed by atoms with E-state index >= 15 is 0 Å². The van der Waals surface area contributed by atoms with Crippen LogP contribution in [-0.4, -0.2) is 30.5 Å². The van der Waals surface area contributed by atoms with E-state index in [4.69, 9.17) is 9.47 Å². The number of hydrogen-bond donors (Lipinski definition) is 1. The van der Waals surface area contributed by atoms with Gasteiger partial charge in [0.2, 0.25) is 0 Å². The van der Waals surface area contributed by atoms with Crippen molar-refractivity contribution in [2.45, 2.75) is 0 Å². The van der Waals surface area contributed by atoms with E-state index in [0.717, 1.165) is 11.1 Å². The van der Waals surface area contributed by atoms with Crippen LogP contribution in [0.5, 0.6) is 5.75 Å². The third kappa shape index (κ3) is 4.77. The lowest BCUT2D eigenvalue weighted by Crippen LogP contribution is -2.21. The highest BCUT2D eigenvalue weighted by Crippen LogP contribution is 2.30. The monoisotopic (exact) mass is 412 g/mol. The van der Waals surface area contributed by atoms with Crippen molar-refractivity contribution in [3.05, 3.63) is 75.0 Å². The van der Waals surface area contributed by atoms with Crippen molar-refractivity contribution in [2.75, 3.05) is 19.0 Å². The van der Waals surface area contributed by atoms with Gasteiger partial charge >= 0.3 is 5.97 Å². The minimum Gasteiger partial charge on any atom is -0.494 e. The van der Waals surface area contributed by atoms with Crippen LogP contribution < -0.4 is 10.1 Å². The Morgan fingerprint density at radius 2 is 1.90 bits per heavy atom. The molecule has 0 bridgehead atoms. The predicted molar refractivity (Wildman–Crippen MR) is 108 cm³/mol. The lowest BCUT2D eigenvalue weighted by molar-refractivity contribution is -0.384. The van der Waals surface area contributed by atoms with Crippen molar-refractivity contribution in [2.24, 2.45) is 0 Å². The lowest BCUT2D eigenvalue weighted by Gasteiger charge is -2.10. The van der Waals surface area contributed by atoms with Crippen LogP contribution in [0.25, 0.3) is 11.1 Å². The quantitative estimate of drug-likeness (QED) is 0.355. The molecule has 3 aromatic rings. The Kier molecular flexibility index (Phi) is 6.20. The minimum atomic E-state index is -0.607. The van der Waals surface area contributed by atoms with Crippen molar-refractivity contribution in [3.63, 3.8) is 0 Å². The summed E-state index contributed by atoms with van der Waals surface area (Å²) < 4.78 is 10.2. The van der Waals surface area contributed by atoms with E-state index in [9.17, 15) is 19.7 Å². The average molecular weight is 412 g/mol. The van der Waals surface area contributed by atoms with E-state index in [1.165, 1.54) is 36.6 Å². The molecule has 0 fully saturated rings. The van der Waals surface area contributed by atoms with Gasteiger partial charge in [0.15, 0.2) is 6.61 Å². The van der Waals surface area contributed by atoms with Crippen LogP contribution in [0.4, 0.5) is 11.4 Å². The molecule has 1 N–H and O–H groups in total. The van der Waals surface area contributed by atoms with Gasteiger partial charge in [0, 0.05) is 11.6 Å². The fourth-order valence-electron chi connectivity index (χ4n) is 2.59. The number of esters is 1. The largest absolute Gasteiger partial charge is 0.494 e. The molecule has 3 rings (SSSR count). The standard InChI is InChI=1S/C20H16N2O6S/c1-27-17-11-14(22(25)26)7-8-16(17)21-18(23)12-28-20(24)19-15(9-10-29-19)13-5-3-2-4-6-13/h2-11H,12H2,1H3,(H,21,23). The molecule has 1 heterocycles. The second kappa shape index (κ2) is 8.98. The molecule has 148 valence electrons. The van der Waals surface area contributed by atoms with Crippen molar-refractivity contribution < 1.29 is 24.0 Å². The van der Waals surface area contributed by atoms with E-state index in [2.05, 4.69) is 5.32 Å². The van der Waals surface area contributed by atoms with Crippen molar-refractivity contribution in [1.29, 1.82) is 0 Å². The predicted octanol–water partition coefficient (Wildman–Crippen LogP) is 4.13. The van der Waals surface area contributed by atoms with Gasteiger partial charge in [0.05, 0.1) is 23.8 Å². The highest BCUT2D eigenvalue weighted by Gasteiger charge is 2.18. The number of benzene rings is 2. The molecule has 0 radical (unpaired) electrons. The summed E-state index contributed by atoms with van der Waals surface area (Å²) in [6, 6.07) is 15.0. The number of non-ortho nitro benzene ring substituents is 1. The van der Waals surface area contributed by atoms with Gasteiger partial charge in [0.25, 0.3) is 11.6 Å². The highest BCUT2D eigenvalue weighted by atomic mass is 32.1. The third-order valence-corrected chi connectivity index (χ3v) is 4.83. The number of amides is 1. The zero-order valence-corrected chi connectivity index (χ0v) is 16.1. The summed E-state index contributed by atoms with van der Waals surface area (Å²) >= 11 is 1.23. The lowest BCUT2D eigenvalue weighted by atomic mass is 10.1. The minimum absolute atomic E-state index is 0.128. The smallest absolute Gasteiger partial charge is 0.349 e. The Hall–Kier alpha value is -3.72. The maximum Gasteiger partial charge on any atom is 0.349 e. The molecular formula is C20H16N2O6S. The topological polar surface area (TPSA) is 108 Å². The molecule has 1 aromatic heterocycles. The molecule has 9 heteroatoms. The maximum atomic E-state index is 12.4. The first-order valence-electron chi connectivity index (χ1n) is 8.42. The summed E-state index contributed by atoms with van der Waals surface area (Å²) in [5, 5.41) is 15.1. The third-order valence-electron chi connectivity index (χ3n) is 3.94. The molecular weight excluding hydrogens is 396 g/mol. The molecule has 0 saturated carbocycles. The summed E-state index contributed by atoms with van der Waals surface area (Å²) in [5.41, 5.74) is 1.68. The molecule has 0 saturated heterocycles. The van der Waals surface area contributed by atoms with Gasteiger partial charge in [-0.2, -0.15) is 0 Å². The fourth-order valence-corrected chi connectivity index (χ4v) is 3.40. The average Bonchev–Trinajstić information content (AvgIpc) is 3.23. The van der Waals surface area contributed by atoms with Gasteiger partial charge in [-0.05, 0) is 23.1 Å². The first-order chi connectivity index (χ1) is 14.0. The zero-order chi connectivity index (χ0) is 20.8. The number of nitro benzene ring substituents is 1. The number of rotatable bonds is 7. The Morgan fingerprint density at radius 1 is 1.14 bits per heavy atom. The van der Waals surface area contributed by atoms with Crippen LogP contribution in [0.1, 0.15) is 9.67 Å². The van der Waals surface area contributed by atoms with Gasteiger partial charge in [-0.15, -0.1) is 11.3 Å². The summed E-state index contributed by atoms with van der Waals surface area (Å²) in [7, 11) is 1.33. The number of carbonyl (C=O) groups is 2. The van der Waals surface area contributed by atoms with Crippen LogP contribution in [0.3, 0.4) is 0 Å². The second-order valence-electron chi connectivity index (χ2n) is 5.80. The fraction of sp³-hybridized carbons (Fsp3) is 0.100. The molecule has 0 aliphatic heterocycles. The first-order valence-corrected chi connectivity index (χ1v) is 9.30. The Morgan fingerprint density at radius 3 is 2.59 bits per heavy atom. The SMILES string of the molecule is COc1cc([N+](=O)[O-])ccc1NC(=O)COC(=O)c1sccc1-c1ccccc1. The van der Waals surface area contributed by atoms with Gasteiger partial charge in [-0.3, -0.25) is 14.9 Å². The van der Waals surface area contributed by atoms with Crippen LogP contribution in [0.2, 0.25) is 0 Å². The number of anilines is 1. The number of nitrogens with zero attached hydrogens (tertiary/aromatic N) is 1. The summed E-state index contributed by atoms with van der Waals surface area (Å²) in [5.74, 6) is -1.07. The van der Waals surface area contributed by atoms with Gasteiger partial charge in [0.1, 0.15) is 10.6 Å². The van der Waals surface area contributed by atoms with Crippen LogP contribution in [0, 0.1) is 10.1 Å². The number of nitro groups is 1. The van der Waals surface area contributed by atoms with Gasteiger partial charge < -0.3 is 14.8 Å². The molecule has 0 aliphatic rings. The van der Waals surface area contributed by atoms with Crippen LogP contribution >= 0.6 is 11.3 Å². The van der Waals surface area contributed by atoms with Gasteiger partial charge in [-0.1, -0.05) is 30.3 Å². The maximum absolute atomic E-state index is 12.4. The van der Waals surface area contributed by atoms with E-state index in [-0.39, 0.29) is 17.1 Å². The Bertz CT molecular complexity index is 1050. The second-order valence-corrected chi connectivity index (χ2v) is 6.71. The normalized spacial score (nSPS) is 10.2. The molecule has 8 nitrogen and oxygen atoms in total. The molecule has 29 heavy (non-hydrogen) atoms. The number of ether oxygens (including phenoxy) is 2. The molecule has 2 aromatic carbocycles. The van der Waals surface area contributed by atoms with Gasteiger partial charge in [-0.25, -0.2) is 4.79 Å². The number of carbonyl (C=O) groups excluding carboxylic acids is 2. The highest BCUT2D eigenvalue weighted by molar-refractivity contribution is 7.12. The number of hydrogen-bond acceptors (Lipinski definition) is 7. The number of methoxy groups -OCH3 is 1. The van der Waals surface area contributed by atoms with Crippen molar-refractivity contribution >= 4 is 34.6 Å². The molecule has 0 unspecified atom stereocenters. The van der Waals surface area contributed by atoms with E-state index in [0.29, 0.717) is 4.88 Å². The number of nitrogens with one attached hydrogen (secondary N) is 1. The Labute approximate surface area is 169 Å². The van der Waals surface area contributed by atoms with E-state index in [1.807, 2.05) is 36.4 Å². The zero-order valence-electron chi connectivity index (χ0n) is 15.3. The van der Waals surface area contributed by atoms with Crippen molar-refractivity contribution in [1.82, 2.24) is 0 Å². The molecule has 0 spiro atoms. The Balaban J connectivity index is 1.64. The van der Waals surface area contributed by atoms with Crippen LogP contribution in [0.15, 0.2) is 60.0 Å².